The molecule has 0 bridgehead atoms. The van der Waals surface area contributed by atoms with Crippen molar-refractivity contribution in [3.05, 3.63) is 51.6 Å². The number of anilines is 1. The van der Waals surface area contributed by atoms with Gasteiger partial charge < -0.3 is 14.8 Å². The summed E-state index contributed by atoms with van der Waals surface area (Å²) in [7, 11) is 1.52. The fraction of sp³-hybridized carbons (Fsp3) is 0.176. The molecular formula is C17H16INO4. The second kappa shape index (κ2) is 7.96. The van der Waals surface area contributed by atoms with Crippen molar-refractivity contribution in [3.8, 4) is 11.5 Å². The molecule has 0 atom stereocenters. The van der Waals surface area contributed by atoms with Crippen LogP contribution in [0.1, 0.15) is 17.3 Å². The van der Waals surface area contributed by atoms with Crippen LogP contribution in [0.3, 0.4) is 0 Å². The SMILES string of the molecule is COc1ccc(OCC(=O)Nc2ccc(I)cc2)c(C(C)=O)c1. The molecule has 1 N–H and O–H groups in total. The summed E-state index contributed by atoms with van der Waals surface area (Å²) < 4.78 is 11.6. The van der Waals surface area contributed by atoms with Crippen LogP contribution < -0.4 is 14.8 Å². The summed E-state index contributed by atoms with van der Waals surface area (Å²) in [6.07, 6.45) is 0. The van der Waals surface area contributed by atoms with Gasteiger partial charge in [-0.15, -0.1) is 0 Å². The van der Waals surface area contributed by atoms with Crippen LogP contribution >= 0.6 is 22.6 Å². The Balaban J connectivity index is 2.01. The summed E-state index contributed by atoms with van der Waals surface area (Å²) in [4.78, 5) is 23.6. The molecule has 0 saturated carbocycles. The molecule has 1 amide bonds. The Kier molecular flexibility index (Phi) is 5.97. The standard InChI is InChI=1S/C17H16INO4/c1-11(20)15-9-14(22-2)7-8-16(15)23-10-17(21)19-13-5-3-12(18)4-6-13/h3-9H,10H2,1-2H3,(H,19,21). The van der Waals surface area contributed by atoms with E-state index in [4.69, 9.17) is 9.47 Å². The molecular weight excluding hydrogens is 409 g/mol. The second-order valence-electron chi connectivity index (χ2n) is 4.76. The molecule has 0 aliphatic carbocycles. The number of carbonyl (C=O) groups excluding carboxylic acids is 2. The van der Waals surface area contributed by atoms with Crippen molar-refractivity contribution in [2.24, 2.45) is 0 Å². The van der Waals surface area contributed by atoms with Crippen LogP contribution in [0.15, 0.2) is 42.5 Å². The fourth-order valence-electron chi connectivity index (χ4n) is 1.91. The lowest BCUT2D eigenvalue weighted by Gasteiger charge is -2.11. The first kappa shape index (κ1) is 17.3. The highest BCUT2D eigenvalue weighted by Crippen LogP contribution is 2.24. The number of hydrogen-bond acceptors (Lipinski definition) is 4. The average molecular weight is 425 g/mol. The number of halogens is 1. The Bertz CT molecular complexity index is 713. The summed E-state index contributed by atoms with van der Waals surface area (Å²) in [6.45, 7) is 1.26. The molecule has 0 aromatic heterocycles. The first-order chi connectivity index (χ1) is 11.0. The molecule has 5 nitrogen and oxygen atoms in total. The van der Waals surface area contributed by atoms with Crippen LogP contribution in [0.2, 0.25) is 0 Å². The Hall–Kier alpha value is -2.09. The zero-order valence-electron chi connectivity index (χ0n) is 12.8. The second-order valence-corrected chi connectivity index (χ2v) is 6.01. The predicted molar refractivity (Wildman–Crippen MR) is 96.3 cm³/mol. The summed E-state index contributed by atoms with van der Waals surface area (Å²) in [5.74, 6) is 0.468. The van der Waals surface area contributed by atoms with Crippen LogP contribution in [-0.4, -0.2) is 25.4 Å². The van der Waals surface area contributed by atoms with E-state index in [0.717, 1.165) is 3.57 Å². The summed E-state index contributed by atoms with van der Waals surface area (Å²) in [5.41, 5.74) is 1.08. The molecule has 2 rings (SSSR count). The number of carbonyl (C=O) groups is 2. The van der Waals surface area contributed by atoms with Crippen molar-refractivity contribution in [2.75, 3.05) is 19.0 Å². The molecule has 23 heavy (non-hydrogen) atoms. The van der Waals surface area contributed by atoms with Gasteiger partial charge in [-0.25, -0.2) is 0 Å². The molecule has 0 radical (unpaired) electrons. The zero-order chi connectivity index (χ0) is 16.8. The molecule has 0 unspecified atom stereocenters. The first-order valence-corrected chi connectivity index (χ1v) is 7.94. The van der Waals surface area contributed by atoms with Gasteiger partial charge >= 0.3 is 0 Å². The fourth-order valence-corrected chi connectivity index (χ4v) is 2.27. The minimum atomic E-state index is -0.295. The average Bonchev–Trinajstić information content (AvgIpc) is 2.54. The minimum Gasteiger partial charge on any atom is -0.497 e. The molecule has 0 aliphatic heterocycles. The van der Waals surface area contributed by atoms with Crippen LogP contribution in [-0.2, 0) is 4.79 Å². The quantitative estimate of drug-likeness (QED) is 0.569. The minimum absolute atomic E-state index is 0.156. The number of hydrogen-bond donors (Lipinski definition) is 1. The zero-order valence-corrected chi connectivity index (χ0v) is 14.9. The molecule has 0 saturated heterocycles. The molecule has 0 spiro atoms. The predicted octanol–water partition coefficient (Wildman–Crippen LogP) is 3.52. The maximum Gasteiger partial charge on any atom is 0.262 e. The number of benzene rings is 2. The van der Waals surface area contributed by atoms with Crippen LogP contribution in [0.25, 0.3) is 0 Å². The Morgan fingerprint density at radius 1 is 1.13 bits per heavy atom. The molecule has 0 heterocycles. The normalized spacial score (nSPS) is 10.0. The van der Waals surface area contributed by atoms with E-state index in [1.165, 1.54) is 14.0 Å². The Morgan fingerprint density at radius 2 is 1.83 bits per heavy atom. The number of nitrogens with one attached hydrogen (secondary N) is 1. The number of amides is 1. The third-order valence-corrected chi connectivity index (χ3v) is 3.77. The highest BCUT2D eigenvalue weighted by atomic mass is 127. The monoisotopic (exact) mass is 425 g/mol. The lowest BCUT2D eigenvalue weighted by atomic mass is 10.1. The van der Waals surface area contributed by atoms with Crippen LogP contribution in [0, 0.1) is 3.57 Å². The molecule has 2 aromatic rings. The molecule has 6 heteroatoms. The number of Topliss-reactive ketones (excluding diaryl/α,β-unsaturated/α-hetero) is 1. The van der Waals surface area contributed by atoms with Crippen molar-refractivity contribution in [1.82, 2.24) is 0 Å². The lowest BCUT2D eigenvalue weighted by molar-refractivity contribution is -0.118. The highest BCUT2D eigenvalue weighted by molar-refractivity contribution is 14.1. The Labute approximate surface area is 148 Å². The van der Waals surface area contributed by atoms with Crippen molar-refractivity contribution in [1.29, 1.82) is 0 Å². The van der Waals surface area contributed by atoms with Gasteiger partial charge in [0.05, 0.1) is 12.7 Å². The van der Waals surface area contributed by atoms with Gasteiger partial charge in [0.2, 0.25) is 0 Å². The summed E-state index contributed by atoms with van der Waals surface area (Å²) in [5, 5.41) is 2.73. The molecule has 0 aliphatic rings. The summed E-state index contributed by atoms with van der Waals surface area (Å²) in [6, 6.07) is 12.3. The van der Waals surface area contributed by atoms with E-state index < -0.39 is 0 Å². The highest BCUT2D eigenvalue weighted by Gasteiger charge is 2.12. The van der Waals surface area contributed by atoms with Crippen molar-refractivity contribution in [2.45, 2.75) is 6.92 Å². The first-order valence-electron chi connectivity index (χ1n) is 6.87. The maximum atomic E-state index is 11.9. The summed E-state index contributed by atoms with van der Waals surface area (Å²) >= 11 is 2.19. The topological polar surface area (TPSA) is 64.6 Å². The van der Waals surface area contributed by atoms with E-state index in [0.29, 0.717) is 22.7 Å². The van der Waals surface area contributed by atoms with Crippen molar-refractivity contribution in [3.63, 3.8) is 0 Å². The van der Waals surface area contributed by atoms with E-state index in [9.17, 15) is 9.59 Å². The van der Waals surface area contributed by atoms with E-state index in [2.05, 4.69) is 27.9 Å². The van der Waals surface area contributed by atoms with Gasteiger partial charge in [-0.3, -0.25) is 9.59 Å². The van der Waals surface area contributed by atoms with Crippen LogP contribution in [0.5, 0.6) is 11.5 Å². The number of ether oxygens (including phenoxy) is 2. The van der Waals surface area contributed by atoms with E-state index in [-0.39, 0.29) is 18.3 Å². The number of rotatable bonds is 6. The number of methoxy groups -OCH3 is 1. The van der Waals surface area contributed by atoms with Crippen molar-refractivity contribution >= 4 is 40.0 Å². The van der Waals surface area contributed by atoms with E-state index >= 15 is 0 Å². The number of ketones is 1. The maximum absolute atomic E-state index is 11.9. The third kappa shape index (κ3) is 4.95. The van der Waals surface area contributed by atoms with E-state index in [1.807, 2.05) is 24.3 Å². The smallest absolute Gasteiger partial charge is 0.262 e. The molecule has 120 valence electrons. The lowest BCUT2D eigenvalue weighted by Crippen LogP contribution is -2.20. The third-order valence-electron chi connectivity index (χ3n) is 3.05. The van der Waals surface area contributed by atoms with Gasteiger partial charge in [0, 0.05) is 9.26 Å². The van der Waals surface area contributed by atoms with Gasteiger partial charge in [-0.05, 0) is 72.0 Å². The Morgan fingerprint density at radius 3 is 2.43 bits per heavy atom. The largest absolute Gasteiger partial charge is 0.497 e. The van der Waals surface area contributed by atoms with E-state index in [1.54, 1.807) is 18.2 Å². The van der Waals surface area contributed by atoms with Crippen molar-refractivity contribution < 1.29 is 19.1 Å². The van der Waals surface area contributed by atoms with Gasteiger partial charge in [0.25, 0.3) is 5.91 Å². The van der Waals surface area contributed by atoms with Gasteiger partial charge in [-0.1, -0.05) is 0 Å². The van der Waals surface area contributed by atoms with Gasteiger partial charge in [-0.2, -0.15) is 0 Å². The molecule has 2 aromatic carbocycles. The van der Waals surface area contributed by atoms with Crippen LogP contribution in [0.4, 0.5) is 5.69 Å². The van der Waals surface area contributed by atoms with Gasteiger partial charge in [0.15, 0.2) is 12.4 Å². The molecule has 0 fully saturated rings. The van der Waals surface area contributed by atoms with Gasteiger partial charge in [0.1, 0.15) is 11.5 Å².